The summed E-state index contributed by atoms with van der Waals surface area (Å²) in [6.07, 6.45) is 3.75. The van der Waals surface area contributed by atoms with Gasteiger partial charge in [0.25, 0.3) is 0 Å². The highest BCUT2D eigenvalue weighted by atomic mass is 15.2. The zero-order valence-electron chi connectivity index (χ0n) is 10.6. The summed E-state index contributed by atoms with van der Waals surface area (Å²) in [5.41, 5.74) is 3.63. The smallest absolute Gasteiger partial charge is 0.0994 e. The van der Waals surface area contributed by atoms with Crippen molar-refractivity contribution in [3.8, 4) is 5.69 Å². The molecule has 1 N–H and O–H groups in total. The van der Waals surface area contributed by atoms with E-state index in [1.165, 1.54) is 11.4 Å². The molecular weight excluding hydrogens is 224 g/mol. The topological polar surface area (TPSA) is 33.1 Å². The van der Waals surface area contributed by atoms with Crippen LogP contribution in [0.2, 0.25) is 0 Å². The number of aromatic nitrogens is 2. The molecule has 0 saturated carbocycles. The Balaban J connectivity index is 1.91. The van der Waals surface area contributed by atoms with E-state index in [0.29, 0.717) is 0 Å². The molecule has 0 aliphatic carbocycles. The Kier molecular flexibility index (Phi) is 3.02. The zero-order chi connectivity index (χ0) is 12.4. The molecule has 1 aliphatic rings. The lowest BCUT2D eigenvalue weighted by atomic mass is 10.2. The predicted molar refractivity (Wildman–Crippen MR) is 73.4 cm³/mol. The highest BCUT2D eigenvalue weighted by Gasteiger charge is 2.11. The Morgan fingerprint density at radius 2 is 1.94 bits per heavy atom. The summed E-state index contributed by atoms with van der Waals surface area (Å²) >= 11 is 0. The molecule has 1 aromatic heterocycles. The second kappa shape index (κ2) is 4.82. The summed E-state index contributed by atoms with van der Waals surface area (Å²) in [5.74, 6) is 0. The summed E-state index contributed by atoms with van der Waals surface area (Å²) in [5, 5.41) is 3.38. The van der Waals surface area contributed by atoms with Gasteiger partial charge in [-0.25, -0.2) is 4.98 Å². The number of rotatable bonds is 2. The number of nitrogens with zero attached hydrogens (tertiary/aromatic N) is 3. The predicted octanol–water partition coefficient (Wildman–Crippen LogP) is 1.59. The zero-order valence-corrected chi connectivity index (χ0v) is 10.6. The minimum atomic E-state index is 1.06. The Bertz CT molecular complexity index is 526. The maximum absolute atomic E-state index is 4.18. The van der Waals surface area contributed by atoms with E-state index in [9.17, 15) is 0 Å². The van der Waals surface area contributed by atoms with E-state index in [4.69, 9.17) is 0 Å². The molecule has 1 fully saturated rings. The molecule has 2 heterocycles. The SMILES string of the molecule is Cc1cncn1-c1cccc(N2CCNCC2)c1. The number of hydrogen-bond acceptors (Lipinski definition) is 3. The first-order valence-corrected chi connectivity index (χ1v) is 6.40. The number of hydrogen-bond donors (Lipinski definition) is 1. The molecule has 18 heavy (non-hydrogen) atoms. The summed E-state index contributed by atoms with van der Waals surface area (Å²) in [7, 11) is 0. The van der Waals surface area contributed by atoms with Gasteiger partial charge in [-0.05, 0) is 25.1 Å². The van der Waals surface area contributed by atoms with E-state index in [-0.39, 0.29) is 0 Å². The fourth-order valence-electron chi connectivity index (χ4n) is 2.39. The van der Waals surface area contributed by atoms with Gasteiger partial charge in [0.15, 0.2) is 0 Å². The number of anilines is 1. The maximum Gasteiger partial charge on any atom is 0.0994 e. The van der Waals surface area contributed by atoms with Crippen molar-refractivity contribution in [3.63, 3.8) is 0 Å². The molecule has 1 aromatic carbocycles. The normalized spacial score (nSPS) is 15.9. The van der Waals surface area contributed by atoms with Gasteiger partial charge in [0.05, 0.1) is 6.33 Å². The monoisotopic (exact) mass is 242 g/mol. The van der Waals surface area contributed by atoms with Crippen molar-refractivity contribution in [3.05, 3.63) is 42.5 Å². The second-order valence-electron chi connectivity index (χ2n) is 4.66. The lowest BCUT2D eigenvalue weighted by molar-refractivity contribution is 0.589. The molecule has 4 nitrogen and oxygen atoms in total. The van der Waals surface area contributed by atoms with Crippen LogP contribution in [0.5, 0.6) is 0 Å². The van der Waals surface area contributed by atoms with Crippen molar-refractivity contribution in [2.24, 2.45) is 0 Å². The standard InChI is InChI=1S/C14H18N4/c1-12-10-16-11-18(12)14-4-2-3-13(9-14)17-7-5-15-6-8-17/h2-4,9-11,15H,5-8H2,1H3. The fraction of sp³-hybridized carbons (Fsp3) is 0.357. The van der Waals surface area contributed by atoms with Crippen molar-refractivity contribution >= 4 is 5.69 Å². The van der Waals surface area contributed by atoms with E-state index < -0.39 is 0 Å². The van der Waals surface area contributed by atoms with Crippen LogP contribution in [0.1, 0.15) is 5.69 Å². The van der Waals surface area contributed by atoms with Crippen LogP contribution in [-0.2, 0) is 0 Å². The summed E-state index contributed by atoms with van der Waals surface area (Å²) in [4.78, 5) is 6.60. The van der Waals surface area contributed by atoms with Crippen LogP contribution >= 0.6 is 0 Å². The highest BCUT2D eigenvalue weighted by Crippen LogP contribution is 2.20. The molecule has 1 aliphatic heterocycles. The van der Waals surface area contributed by atoms with E-state index in [1.54, 1.807) is 0 Å². The van der Waals surface area contributed by atoms with Gasteiger partial charge in [0.2, 0.25) is 0 Å². The van der Waals surface area contributed by atoms with Crippen molar-refractivity contribution in [2.45, 2.75) is 6.92 Å². The van der Waals surface area contributed by atoms with Crippen LogP contribution < -0.4 is 10.2 Å². The largest absolute Gasteiger partial charge is 0.369 e. The van der Waals surface area contributed by atoms with Crippen LogP contribution in [0.15, 0.2) is 36.8 Å². The number of imidazole rings is 1. The molecule has 94 valence electrons. The molecule has 0 radical (unpaired) electrons. The van der Waals surface area contributed by atoms with Gasteiger partial charge in [-0.3, -0.25) is 0 Å². The van der Waals surface area contributed by atoms with Gasteiger partial charge < -0.3 is 14.8 Å². The fourth-order valence-corrected chi connectivity index (χ4v) is 2.39. The molecule has 0 spiro atoms. The molecular formula is C14H18N4. The molecule has 0 bridgehead atoms. The first-order chi connectivity index (χ1) is 8.84. The van der Waals surface area contributed by atoms with Gasteiger partial charge in [0.1, 0.15) is 0 Å². The van der Waals surface area contributed by atoms with E-state index in [1.807, 2.05) is 12.5 Å². The Hall–Kier alpha value is -1.81. The Morgan fingerprint density at radius 1 is 1.17 bits per heavy atom. The molecule has 0 amide bonds. The average molecular weight is 242 g/mol. The van der Waals surface area contributed by atoms with Crippen LogP contribution in [-0.4, -0.2) is 35.7 Å². The van der Waals surface area contributed by atoms with E-state index >= 15 is 0 Å². The second-order valence-corrected chi connectivity index (χ2v) is 4.66. The third-order valence-corrected chi connectivity index (χ3v) is 3.41. The minimum absolute atomic E-state index is 1.06. The van der Waals surface area contributed by atoms with Crippen molar-refractivity contribution < 1.29 is 0 Å². The lowest BCUT2D eigenvalue weighted by Crippen LogP contribution is -2.43. The summed E-state index contributed by atoms with van der Waals surface area (Å²) < 4.78 is 2.12. The molecule has 1 saturated heterocycles. The van der Waals surface area contributed by atoms with Gasteiger partial charge in [-0.2, -0.15) is 0 Å². The van der Waals surface area contributed by atoms with Gasteiger partial charge in [-0.1, -0.05) is 6.07 Å². The molecule has 0 unspecified atom stereocenters. The first-order valence-electron chi connectivity index (χ1n) is 6.40. The maximum atomic E-state index is 4.18. The van der Waals surface area contributed by atoms with E-state index in [2.05, 4.69) is 51.0 Å². The van der Waals surface area contributed by atoms with Crippen LogP contribution in [0.25, 0.3) is 5.69 Å². The molecule has 4 heteroatoms. The number of nitrogens with one attached hydrogen (secondary N) is 1. The summed E-state index contributed by atoms with van der Waals surface area (Å²) in [6, 6.07) is 8.66. The Labute approximate surface area is 107 Å². The third kappa shape index (κ3) is 2.11. The van der Waals surface area contributed by atoms with Gasteiger partial charge >= 0.3 is 0 Å². The van der Waals surface area contributed by atoms with Gasteiger partial charge in [-0.15, -0.1) is 0 Å². The average Bonchev–Trinajstić information content (AvgIpc) is 2.86. The first kappa shape index (κ1) is 11.3. The van der Waals surface area contributed by atoms with Crippen LogP contribution in [0, 0.1) is 6.92 Å². The number of piperazine rings is 1. The third-order valence-electron chi connectivity index (χ3n) is 3.41. The van der Waals surface area contributed by atoms with Crippen molar-refractivity contribution in [2.75, 3.05) is 31.1 Å². The van der Waals surface area contributed by atoms with Crippen LogP contribution in [0.4, 0.5) is 5.69 Å². The minimum Gasteiger partial charge on any atom is -0.369 e. The van der Waals surface area contributed by atoms with E-state index in [0.717, 1.165) is 31.9 Å². The number of aryl methyl sites for hydroxylation is 1. The quantitative estimate of drug-likeness (QED) is 0.868. The Morgan fingerprint density at radius 3 is 2.67 bits per heavy atom. The molecule has 0 atom stereocenters. The lowest BCUT2D eigenvalue weighted by Gasteiger charge is -2.29. The van der Waals surface area contributed by atoms with Crippen LogP contribution in [0.3, 0.4) is 0 Å². The van der Waals surface area contributed by atoms with Crippen molar-refractivity contribution in [1.29, 1.82) is 0 Å². The van der Waals surface area contributed by atoms with Crippen molar-refractivity contribution in [1.82, 2.24) is 14.9 Å². The summed E-state index contributed by atoms with van der Waals surface area (Å²) in [6.45, 7) is 6.35. The van der Waals surface area contributed by atoms with Gasteiger partial charge in [0, 0.05) is 49.4 Å². The molecule has 2 aromatic rings. The molecule has 3 rings (SSSR count). The highest BCUT2D eigenvalue weighted by molar-refractivity contribution is 5.54. The number of benzene rings is 1.